The number of carbonyl (C=O) groups excluding carboxylic acids is 1. The van der Waals surface area contributed by atoms with Crippen LogP contribution in [0.1, 0.15) is 6.92 Å². The molecule has 0 N–H and O–H groups in total. The fourth-order valence-electron chi connectivity index (χ4n) is 1.13. The van der Waals surface area contributed by atoms with Crippen LogP contribution >= 0.6 is 15.9 Å². The molecule has 14 heavy (non-hydrogen) atoms. The summed E-state index contributed by atoms with van der Waals surface area (Å²) in [5.74, 6) is -0.0428. The summed E-state index contributed by atoms with van der Waals surface area (Å²) in [6, 6.07) is 7.54. The van der Waals surface area contributed by atoms with Gasteiger partial charge < -0.3 is 4.74 Å². The van der Waals surface area contributed by atoms with Gasteiger partial charge in [0, 0.05) is 18.5 Å². The molecular formula is C10H12BrNO2. The van der Waals surface area contributed by atoms with Crippen LogP contribution in [0.5, 0.6) is 0 Å². The fraction of sp³-hybridized carbons (Fsp3) is 0.300. The van der Waals surface area contributed by atoms with Crippen molar-refractivity contribution in [2.75, 3.05) is 18.7 Å². The van der Waals surface area contributed by atoms with E-state index >= 15 is 0 Å². The molecule has 0 fully saturated rings. The third-order valence-electron chi connectivity index (χ3n) is 1.78. The summed E-state index contributed by atoms with van der Waals surface area (Å²) >= 11 is 3.39. The van der Waals surface area contributed by atoms with Gasteiger partial charge in [-0.3, -0.25) is 9.69 Å². The predicted molar refractivity (Wildman–Crippen MR) is 59.2 cm³/mol. The number of anilines is 1. The van der Waals surface area contributed by atoms with Crippen molar-refractivity contribution in [1.29, 1.82) is 0 Å². The Morgan fingerprint density at radius 3 is 2.64 bits per heavy atom. The van der Waals surface area contributed by atoms with E-state index in [0.717, 1.165) is 10.2 Å². The number of para-hydroxylation sites is 1. The van der Waals surface area contributed by atoms with E-state index in [9.17, 15) is 4.79 Å². The predicted octanol–water partition coefficient (Wildman–Crippen LogP) is 2.41. The van der Waals surface area contributed by atoms with Gasteiger partial charge in [0.25, 0.3) is 0 Å². The number of ether oxygens (including phenoxy) is 1. The number of carbonyl (C=O) groups is 1. The minimum atomic E-state index is -0.0428. The highest BCUT2D eigenvalue weighted by molar-refractivity contribution is 9.10. The molecule has 1 rings (SSSR count). The zero-order chi connectivity index (χ0) is 10.6. The zero-order valence-electron chi connectivity index (χ0n) is 8.16. The first-order valence-electron chi connectivity index (χ1n) is 4.18. The van der Waals surface area contributed by atoms with Gasteiger partial charge in [0.05, 0.1) is 5.69 Å². The van der Waals surface area contributed by atoms with Crippen LogP contribution in [0.15, 0.2) is 28.7 Å². The Balaban J connectivity index is 2.99. The first-order chi connectivity index (χ1) is 6.66. The molecule has 3 nitrogen and oxygen atoms in total. The highest BCUT2D eigenvalue weighted by Gasteiger charge is 2.12. The molecule has 0 radical (unpaired) electrons. The van der Waals surface area contributed by atoms with Crippen LogP contribution in [0.4, 0.5) is 5.69 Å². The van der Waals surface area contributed by atoms with Gasteiger partial charge in [-0.25, -0.2) is 0 Å². The lowest BCUT2D eigenvalue weighted by Gasteiger charge is -2.21. The van der Waals surface area contributed by atoms with Gasteiger partial charge >= 0.3 is 0 Å². The highest BCUT2D eigenvalue weighted by Crippen LogP contribution is 2.25. The third-order valence-corrected chi connectivity index (χ3v) is 2.45. The van der Waals surface area contributed by atoms with Gasteiger partial charge in [0.2, 0.25) is 5.91 Å². The second-order valence-corrected chi connectivity index (χ2v) is 3.67. The smallest absolute Gasteiger partial charge is 0.225 e. The largest absolute Gasteiger partial charge is 0.364 e. The third kappa shape index (κ3) is 2.56. The molecule has 0 saturated heterocycles. The van der Waals surface area contributed by atoms with Crippen molar-refractivity contribution in [3.05, 3.63) is 28.7 Å². The van der Waals surface area contributed by atoms with E-state index in [1.165, 1.54) is 6.92 Å². The Morgan fingerprint density at radius 2 is 2.14 bits per heavy atom. The maximum Gasteiger partial charge on any atom is 0.225 e. The number of hydrogen-bond donors (Lipinski definition) is 0. The van der Waals surface area contributed by atoms with Crippen molar-refractivity contribution in [1.82, 2.24) is 0 Å². The Hall–Kier alpha value is -0.870. The van der Waals surface area contributed by atoms with E-state index in [0.29, 0.717) is 0 Å². The van der Waals surface area contributed by atoms with E-state index < -0.39 is 0 Å². The SMILES string of the molecule is COCN(C(C)=O)c1ccccc1Br. The number of methoxy groups -OCH3 is 1. The molecule has 0 aliphatic rings. The first-order valence-corrected chi connectivity index (χ1v) is 4.97. The van der Waals surface area contributed by atoms with Gasteiger partial charge in [-0.1, -0.05) is 12.1 Å². The van der Waals surface area contributed by atoms with Crippen LogP contribution in [0.2, 0.25) is 0 Å². The van der Waals surface area contributed by atoms with Gasteiger partial charge in [-0.05, 0) is 28.1 Å². The molecule has 0 aromatic heterocycles. The first kappa shape index (κ1) is 11.2. The van der Waals surface area contributed by atoms with Crippen molar-refractivity contribution in [3.8, 4) is 0 Å². The van der Waals surface area contributed by atoms with E-state index in [-0.39, 0.29) is 12.6 Å². The summed E-state index contributed by atoms with van der Waals surface area (Å²) in [6.07, 6.45) is 0. The molecule has 1 aromatic rings. The molecule has 0 aliphatic carbocycles. The minimum Gasteiger partial charge on any atom is -0.364 e. The van der Waals surface area contributed by atoms with Gasteiger partial charge in [0.15, 0.2) is 0 Å². The number of rotatable bonds is 3. The molecule has 0 spiro atoms. The topological polar surface area (TPSA) is 29.5 Å². The Morgan fingerprint density at radius 1 is 1.50 bits per heavy atom. The van der Waals surface area contributed by atoms with E-state index in [1.54, 1.807) is 12.0 Å². The number of amides is 1. The second-order valence-electron chi connectivity index (χ2n) is 2.82. The van der Waals surface area contributed by atoms with Crippen molar-refractivity contribution >= 4 is 27.5 Å². The van der Waals surface area contributed by atoms with Crippen molar-refractivity contribution in [3.63, 3.8) is 0 Å². The molecule has 0 aliphatic heterocycles. The summed E-state index contributed by atoms with van der Waals surface area (Å²) in [6.45, 7) is 1.77. The normalized spacial score (nSPS) is 9.93. The Kier molecular flexibility index (Phi) is 4.10. The van der Waals surface area contributed by atoms with Crippen LogP contribution in [0.3, 0.4) is 0 Å². The van der Waals surface area contributed by atoms with Gasteiger partial charge in [-0.2, -0.15) is 0 Å². The second kappa shape index (κ2) is 5.12. The molecular weight excluding hydrogens is 246 g/mol. The Bertz CT molecular complexity index is 328. The summed E-state index contributed by atoms with van der Waals surface area (Å²) in [7, 11) is 1.56. The molecule has 0 bridgehead atoms. The zero-order valence-corrected chi connectivity index (χ0v) is 9.74. The van der Waals surface area contributed by atoms with Crippen molar-refractivity contribution in [2.45, 2.75) is 6.92 Å². The summed E-state index contributed by atoms with van der Waals surface area (Å²) in [5.41, 5.74) is 0.821. The van der Waals surface area contributed by atoms with Gasteiger partial charge in [-0.15, -0.1) is 0 Å². The average Bonchev–Trinajstić information content (AvgIpc) is 2.15. The highest BCUT2D eigenvalue weighted by atomic mass is 79.9. The van der Waals surface area contributed by atoms with E-state index in [1.807, 2.05) is 24.3 Å². The standard InChI is InChI=1S/C10H12BrNO2/c1-8(13)12(7-14-2)10-6-4-3-5-9(10)11/h3-6H,7H2,1-2H3. The van der Waals surface area contributed by atoms with E-state index in [4.69, 9.17) is 4.74 Å². The lowest BCUT2D eigenvalue weighted by molar-refractivity contribution is -0.117. The lowest BCUT2D eigenvalue weighted by atomic mass is 10.3. The maximum atomic E-state index is 11.3. The minimum absolute atomic E-state index is 0.0428. The molecule has 0 unspecified atom stereocenters. The molecule has 1 aromatic carbocycles. The monoisotopic (exact) mass is 257 g/mol. The number of hydrogen-bond acceptors (Lipinski definition) is 2. The van der Waals surface area contributed by atoms with Crippen LogP contribution in [0, 0.1) is 0 Å². The Labute approximate surface area is 91.8 Å². The lowest BCUT2D eigenvalue weighted by Crippen LogP contribution is -2.30. The number of nitrogens with zero attached hydrogens (tertiary/aromatic N) is 1. The van der Waals surface area contributed by atoms with Crippen molar-refractivity contribution in [2.24, 2.45) is 0 Å². The van der Waals surface area contributed by atoms with Crippen molar-refractivity contribution < 1.29 is 9.53 Å². The van der Waals surface area contributed by atoms with Crippen LogP contribution in [-0.2, 0) is 9.53 Å². The molecule has 1 amide bonds. The molecule has 0 heterocycles. The summed E-state index contributed by atoms with van der Waals surface area (Å²) in [5, 5.41) is 0. The van der Waals surface area contributed by atoms with Crippen LogP contribution < -0.4 is 4.90 Å². The molecule has 4 heteroatoms. The van der Waals surface area contributed by atoms with E-state index in [2.05, 4.69) is 15.9 Å². The maximum absolute atomic E-state index is 11.3. The number of benzene rings is 1. The average molecular weight is 258 g/mol. The fourth-order valence-corrected chi connectivity index (χ4v) is 1.63. The molecule has 0 atom stereocenters. The summed E-state index contributed by atoms with van der Waals surface area (Å²) < 4.78 is 5.84. The van der Waals surface area contributed by atoms with Crippen LogP contribution in [0.25, 0.3) is 0 Å². The van der Waals surface area contributed by atoms with Gasteiger partial charge in [0.1, 0.15) is 6.73 Å². The van der Waals surface area contributed by atoms with Crippen LogP contribution in [-0.4, -0.2) is 19.7 Å². The molecule has 76 valence electrons. The molecule has 0 saturated carbocycles. The number of halogens is 1. The quantitative estimate of drug-likeness (QED) is 0.779. The summed E-state index contributed by atoms with van der Waals surface area (Å²) in [4.78, 5) is 12.9.